The SMILES string of the molecule is S=C1N[C@@H](c2ccccn2)[C@@H](c2ccc(-c3ccc(Cl)cc3)o2)N1Cc1ccncc1. The second-order valence-corrected chi connectivity index (χ2v) is 8.14. The minimum absolute atomic E-state index is 0.125. The van der Waals surface area contributed by atoms with Crippen LogP contribution in [0.15, 0.2) is 89.7 Å². The number of halogens is 1. The highest BCUT2D eigenvalue weighted by molar-refractivity contribution is 7.80. The van der Waals surface area contributed by atoms with Gasteiger partial charge in [-0.15, -0.1) is 0 Å². The molecule has 2 atom stereocenters. The van der Waals surface area contributed by atoms with Gasteiger partial charge in [-0.3, -0.25) is 9.97 Å². The summed E-state index contributed by atoms with van der Waals surface area (Å²) in [5, 5.41) is 4.81. The van der Waals surface area contributed by atoms with Gasteiger partial charge in [0, 0.05) is 35.7 Å². The van der Waals surface area contributed by atoms with Crippen LogP contribution in [-0.2, 0) is 6.54 Å². The van der Waals surface area contributed by atoms with E-state index in [-0.39, 0.29) is 12.1 Å². The third-order valence-electron chi connectivity index (χ3n) is 5.35. The molecule has 1 saturated heterocycles. The van der Waals surface area contributed by atoms with Gasteiger partial charge in [0.05, 0.1) is 11.7 Å². The molecular weight excluding hydrogens is 428 g/mol. The molecule has 0 saturated carbocycles. The van der Waals surface area contributed by atoms with Gasteiger partial charge in [0.25, 0.3) is 0 Å². The van der Waals surface area contributed by atoms with Gasteiger partial charge in [-0.05, 0) is 78.4 Å². The third-order valence-corrected chi connectivity index (χ3v) is 5.95. The molecule has 31 heavy (non-hydrogen) atoms. The lowest BCUT2D eigenvalue weighted by atomic mass is 10.0. The Hall–Kier alpha value is -3.22. The minimum Gasteiger partial charge on any atom is -0.459 e. The van der Waals surface area contributed by atoms with Crippen LogP contribution in [0, 0.1) is 0 Å². The van der Waals surface area contributed by atoms with Crippen LogP contribution in [0.1, 0.15) is 29.1 Å². The molecule has 0 unspecified atom stereocenters. The number of pyridine rings is 2. The lowest BCUT2D eigenvalue weighted by Gasteiger charge is -2.26. The molecule has 0 bridgehead atoms. The zero-order chi connectivity index (χ0) is 21.2. The van der Waals surface area contributed by atoms with Crippen LogP contribution in [-0.4, -0.2) is 20.0 Å². The summed E-state index contributed by atoms with van der Waals surface area (Å²) in [4.78, 5) is 10.8. The van der Waals surface area contributed by atoms with Crippen LogP contribution in [0.5, 0.6) is 0 Å². The first-order chi connectivity index (χ1) is 15.2. The van der Waals surface area contributed by atoms with Crippen molar-refractivity contribution in [1.29, 1.82) is 0 Å². The number of nitrogens with zero attached hydrogens (tertiary/aromatic N) is 3. The fourth-order valence-electron chi connectivity index (χ4n) is 3.85. The average Bonchev–Trinajstić information content (AvgIpc) is 3.41. The van der Waals surface area contributed by atoms with Crippen LogP contribution >= 0.6 is 23.8 Å². The van der Waals surface area contributed by atoms with E-state index in [1.54, 1.807) is 18.6 Å². The molecule has 154 valence electrons. The molecule has 5 rings (SSSR count). The molecule has 1 N–H and O–H groups in total. The highest BCUT2D eigenvalue weighted by Crippen LogP contribution is 2.41. The summed E-state index contributed by atoms with van der Waals surface area (Å²) in [6.07, 6.45) is 5.38. The van der Waals surface area contributed by atoms with Gasteiger partial charge in [0.15, 0.2) is 5.11 Å². The quantitative estimate of drug-likeness (QED) is 0.405. The van der Waals surface area contributed by atoms with E-state index in [0.717, 1.165) is 28.3 Å². The predicted molar refractivity (Wildman–Crippen MR) is 124 cm³/mol. The van der Waals surface area contributed by atoms with Crippen LogP contribution in [0.2, 0.25) is 5.02 Å². The molecule has 4 aromatic rings. The van der Waals surface area contributed by atoms with Gasteiger partial charge in [0.2, 0.25) is 0 Å². The number of rotatable bonds is 5. The van der Waals surface area contributed by atoms with E-state index in [4.69, 9.17) is 28.2 Å². The van der Waals surface area contributed by atoms with E-state index in [1.807, 2.05) is 66.7 Å². The van der Waals surface area contributed by atoms with Gasteiger partial charge in [-0.1, -0.05) is 17.7 Å². The maximum Gasteiger partial charge on any atom is 0.170 e. The number of hydrogen-bond acceptors (Lipinski definition) is 4. The van der Waals surface area contributed by atoms with Crippen LogP contribution in [0.3, 0.4) is 0 Å². The van der Waals surface area contributed by atoms with Gasteiger partial charge in [-0.2, -0.15) is 0 Å². The second kappa shape index (κ2) is 8.49. The smallest absolute Gasteiger partial charge is 0.170 e. The molecule has 1 aromatic carbocycles. The van der Waals surface area contributed by atoms with E-state index in [0.29, 0.717) is 16.7 Å². The fourth-order valence-corrected chi connectivity index (χ4v) is 4.28. The lowest BCUT2D eigenvalue weighted by Crippen LogP contribution is -2.29. The summed E-state index contributed by atoms with van der Waals surface area (Å²) in [6, 6.07) is 21.2. The Labute approximate surface area is 190 Å². The van der Waals surface area contributed by atoms with Crippen molar-refractivity contribution >= 4 is 28.9 Å². The van der Waals surface area contributed by atoms with E-state index in [9.17, 15) is 0 Å². The van der Waals surface area contributed by atoms with Crippen molar-refractivity contribution < 1.29 is 4.42 Å². The fraction of sp³-hybridized carbons (Fsp3) is 0.125. The van der Waals surface area contributed by atoms with Crippen molar-refractivity contribution in [3.05, 3.63) is 107 Å². The van der Waals surface area contributed by atoms with Gasteiger partial charge < -0.3 is 14.6 Å². The molecule has 0 aliphatic carbocycles. The van der Waals surface area contributed by atoms with Gasteiger partial charge in [0.1, 0.15) is 17.6 Å². The Morgan fingerprint density at radius 2 is 1.77 bits per heavy atom. The average molecular weight is 447 g/mol. The van der Waals surface area contributed by atoms with Crippen molar-refractivity contribution in [2.75, 3.05) is 0 Å². The monoisotopic (exact) mass is 446 g/mol. The Morgan fingerprint density at radius 3 is 2.52 bits per heavy atom. The molecular formula is C24H19ClN4OS. The summed E-state index contributed by atoms with van der Waals surface area (Å²) in [7, 11) is 0. The first kappa shape index (κ1) is 19.7. The molecule has 7 heteroatoms. The van der Waals surface area contributed by atoms with Crippen molar-refractivity contribution in [2.45, 2.75) is 18.6 Å². The maximum atomic E-state index is 6.34. The largest absolute Gasteiger partial charge is 0.459 e. The Balaban J connectivity index is 1.53. The standard InChI is InChI=1S/C24H19ClN4OS/c25-18-6-4-17(5-7-18)20-8-9-21(30-20)23-22(19-3-1-2-12-27-19)28-24(31)29(23)15-16-10-13-26-14-11-16/h1-14,22-23H,15H2,(H,28,31)/t22-,23+/m0/s1. The van der Waals surface area contributed by atoms with Crippen molar-refractivity contribution in [2.24, 2.45) is 0 Å². The Kier molecular flexibility index (Phi) is 5.40. The van der Waals surface area contributed by atoms with E-state index in [1.165, 1.54) is 0 Å². The zero-order valence-corrected chi connectivity index (χ0v) is 18.1. The number of benzene rings is 1. The molecule has 0 amide bonds. The maximum absolute atomic E-state index is 6.34. The molecule has 4 heterocycles. The van der Waals surface area contributed by atoms with E-state index >= 15 is 0 Å². The second-order valence-electron chi connectivity index (χ2n) is 7.32. The molecule has 1 fully saturated rings. The summed E-state index contributed by atoms with van der Waals surface area (Å²) in [6.45, 7) is 0.638. The van der Waals surface area contributed by atoms with Gasteiger partial charge >= 0.3 is 0 Å². The summed E-state index contributed by atoms with van der Waals surface area (Å²) >= 11 is 11.8. The number of thiocarbonyl (C=S) groups is 1. The first-order valence-electron chi connectivity index (χ1n) is 9.92. The molecule has 3 aromatic heterocycles. The molecule has 1 aliphatic heterocycles. The number of hydrogen-bond donors (Lipinski definition) is 1. The number of nitrogens with one attached hydrogen (secondary N) is 1. The van der Waals surface area contributed by atoms with Crippen LogP contribution in [0.25, 0.3) is 11.3 Å². The van der Waals surface area contributed by atoms with Crippen molar-refractivity contribution in [3.8, 4) is 11.3 Å². The number of aromatic nitrogens is 2. The highest BCUT2D eigenvalue weighted by Gasteiger charge is 2.41. The van der Waals surface area contributed by atoms with Crippen LogP contribution in [0.4, 0.5) is 0 Å². The number of furan rings is 1. The summed E-state index contributed by atoms with van der Waals surface area (Å²) in [5.74, 6) is 1.61. The molecule has 0 spiro atoms. The normalized spacial score (nSPS) is 18.2. The zero-order valence-electron chi connectivity index (χ0n) is 16.5. The highest BCUT2D eigenvalue weighted by atomic mass is 35.5. The predicted octanol–water partition coefficient (Wildman–Crippen LogP) is 5.56. The molecule has 0 radical (unpaired) electrons. The topological polar surface area (TPSA) is 54.2 Å². The lowest BCUT2D eigenvalue weighted by molar-refractivity contribution is 0.269. The summed E-state index contributed by atoms with van der Waals surface area (Å²) in [5.41, 5.74) is 3.01. The Bertz CT molecular complexity index is 1180. The molecule has 1 aliphatic rings. The van der Waals surface area contributed by atoms with Gasteiger partial charge in [-0.25, -0.2) is 0 Å². The first-order valence-corrected chi connectivity index (χ1v) is 10.7. The third kappa shape index (κ3) is 4.04. The summed E-state index contributed by atoms with van der Waals surface area (Å²) < 4.78 is 6.34. The van der Waals surface area contributed by atoms with Crippen LogP contribution < -0.4 is 5.32 Å². The minimum atomic E-state index is -0.142. The van der Waals surface area contributed by atoms with E-state index in [2.05, 4.69) is 20.2 Å². The Morgan fingerprint density at radius 1 is 0.968 bits per heavy atom. The van der Waals surface area contributed by atoms with Crippen molar-refractivity contribution in [3.63, 3.8) is 0 Å². The molecule has 5 nitrogen and oxygen atoms in total. The van der Waals surface area contributed by atoms with Crippen molar-refractivity contribution in [1.82, 2.24) is 20.2 Å². The van der Waals surface area contributed by atoms with E-state index < -0.39 is 0 Å².